The molecule has 0 bridgehead atoms. The molecule has 0 aliphatic heterocycles. The number of fused-ring (bicyclic) bond motifs is 2. The van der Waals surface area contributed by atoms with Crippen LogP contribution in [0.4, 0.5) is 9.39 Å². The Kier molecular flexibility index (Phi) is 6.64. The Morgan fingerprint density at radius 1 is 1.11 bits per heavy atom. The van der Waals surface area contributed by atoms with Gasteiger partial charge in [0.05, 0.1) is 5.56 Å². The second-order valence-electron chi connectivity index (χ2n) is 10.4. The van der Waals surface area contributed by atoms with E-state index in [1.807, 2.05) is 36.4 Å². The minimum atomic E-state index is -0.287. The van der Waals surface area contributed by atoms with Gasteiger partial charge in [0.2, 0.25) is 0 Å². The number of hydrogen-bond acceptors (Lipinski definition) is 4. The van der Waals surface area contributed by atoms with Crippen LogP contribution in [0.15, 0.2) is 65.7 Å². The minimum Gasteiger partial charge on any atom is -0.488 e. The number of nitriles is 1. The van der Waals surface area contributed by atoms with Crippen LogP contribution in [0.3, 0.4) is 0 Å². The Balaban J connectivity index is 1.51. The molecule has 5 heteroatoms. The quantitative estimate of drug-likeness (QED) is 0.260. The van der Waals surface area contributed by atoms with Crippen molar-refractivity contribution >= 4 is 33.3 Å². The number of hydrogen-bond donors (Lipinski definition) is 0. The monoisotopic (exact) mass is 496 g/mol. The van der Waals surface area contributed by atoms with E-state index >= 15 is 0 Å². The van der Waals surface area contributed by atoms with Crippen LogP contribution in [-0.4, -0.2) is 6.21 Å². The van der Waals surface area contributed by atoms with Crippen LogP contribution in [0.2, 0.25) is 0 Å². The number of aliphatic imine (C=N–C) groups is 1. The first-order valence-electron chi connectivity index (χ1n) is 12.3. The Hall–Kier alpha value is -3.49. The maximum absolute atomic E-state index is 14.2. The van der Waals surface area contributed by atoms with Gasteiger partial charge in [-0.15, -0.1) is 11.3 Å². The van der Waals surface area contributed by atoms with Crippen LogP contribution < -0.4 is 4.74 Å². The fourth-order valence-corrected chi connectivity index (χ4v) is 6.17. The van der Waals surface area contributed by atoms with Crippen molar-refractivity contribution in [2.45, 2.75) is 46.6 Å². The van der Waals surface area contributed by atoms with Crippen LogP contribution in [0.25, 0.3) is 10.8 Å². The van der Waals surface area contributed by atoms with Gasteiger partial charge in [-0.05, 0) is 59.1 Å². The second kappa shape index (κ2) is 9.87. The first kappa shape index (κ1) is 24.2. The van der Waals surface area contributed by atoms with Gasteiger partial charge in [-0.2, -0.15) is 5.26 Å². The Morgan fingerprint density at radius 3 is 2.67 bits per heavy atom. The first-order valence-corrected chi connectivity index (χ1v) is 13.1. The SMILES string of the molecule is CC(C)(C)[C@@H]1CCc2c(sc(N=Cc3c(OCc4ccccc4F)ccc4ccccc34)c2C#N)C1. The molecular weight excluding hydrogens is 467 g/mol. The largest absolute Gasteiger partial charge is 0.488 e. The van der Waals surface area contributed by atoms with Crippen molar-refractivity contribution in [3.63, 3.8) is 0 Å². The lowest BCUT2D eigenvalue weighted by Gasteiger charge is -2.33. The number of benzene rings is 3. The fraction of sp³-hybridized carbons (Fsp3) is 0.290. The number of halogens is 1. The van der Waals surface area contributed by atoms with Crippen molar-refractivity contribution in [2.24, 2.45) is 16.3 Å². The molecule has 1 aromatic heterocycles. The fourth-order valence-electron chi connectivity index (χ4n) is 4.95. The molecule has 1 aliphatic carbocycles. The molecule has 4 aromatic rings. The predicted octanol–water partition coefficient (Wildman–Crippen LogP) is 8.39. The molecule has 3 nitrogen and oxygen atoms in total. The highest BCUT2D eigenvalue weighted by Gasteiger charge is 2.32. The lowest BCUT2D eigenvalue weighted by atomic mass is 9.72. The summed E-state index contributed by atoms with van der Waals surface area (Å²) in [7, 11) is 0. The second-order valence-corrected chi connectivity index (χ2v) is 11.5. The van der Waals surface area contributed by atoms with Gasteiger partial charge in [-0.3, -0.25) is 0 Å². The van der Waals surface area contributed by atoms with Gasteiger partial charge in [-0.25, -0.2) is 9.38 Å². The summed E-state index contributed by atoms with van der Waals surface area (Å²) >= 11 is 1.64. The third-order valence-corrected chi connectivity index (χ3v) is 8.33. The molecule has 0 fully saturated rings. The van der Waals surface area contributed by atoms with Crippen molar-refractivity contribution in [3.8, 4) is 11.8 Å². The van der Waals surface area contributed by atoms with Crippen molar-refractivity contribution in [2.75, 3.05) is 0 Å². The summed E-state index contributed by atoms with van der Waals surface area (Å²) < 4.78 is 20.3. The van der Waals surface area contributed by atoms with Crippen molar-refractivity contribution in [1.29, 1.82) is 5.26 Å². The number of nitrogens with zero attached hydrogens (tertiary/aromatic N) is 2. The van der Waals surface area contributed by atoms with E-state index in [2.05, 4.69) is 26.8 Å². The standard InChI is InChI=1S/C31H29FN2OS/c1-31(2,3)22-13-14-24-25(17-33)30(36-29(24)16-22)34-18-26-23-10-6-4-8-20(23)12-15-28(26)35-19-21-9-5-7-11-27(21)32/h4-12,15,18,22H,13-14,16,19H2,1-3H3/t22-/m1/s1. The van der Waals surface area contributed by atoms with Crippen LogP contribution in [-0.2, 0) is 19.4 Å². The smallest absolute Gasteiger partial charge is 0.134 e. The number of rotatable bonds is 5. The van der Waals surface area contributed by atoms with Crippen LogP contribution in [0.1, 0.15) is 54.3 Å². The lowest BCUT2D eigenvalue weighted by molar-refractivity contribution is 0.218. The van der Waals surface area contributed by atoms with E-state index in [4.69, 9.17) is 9.73 Å². The van der Waals surface area contributed by atoms with Gasteiger partial charge in [0.1, 0.15) is 29.2 Å². The molecule has 1 heterocycles. The average Bonchev–Trinajstić information content (AvgIpc) is 3.23. The average molecular weight is 497 g/mol. The topological polar surface area (TPSA) is 45.4 Å². The Labute approximate surface area is 215 Å². The maximum atomic E-state index is 14.2. The van der Waals surface area contributed by atoms with E-state index < -0.39 is 0 Å². The molecule has 182 valence electrons. The minimum absolute atomic E-state index is 0.122. The molecule has 0 saturated carbocycles. The summed E-state index contributed by atoms with van der Waals surface area (Å²) in [4.78, 5) is 6.13. The number of thiophene rings is 1. The molecule has 0 amide bonds. The highest BCUT2D eigenvalue weighted by molar-refractivity contribution is 7.16. The van der Waals surface area contributed by atoms with E-state index in [0.29, 0.717) is 22.8 Å². The molecule has 1 aliphatic rings. The summed E-state index contributed by atoms with van der Waals surface area (Å²) in [5.41, 5.74) is 3.44. The van der Waals surface area contributed by atoms with Gasteiger partial charge in [0.15, 0.2) is 0 Å². The van der Waals surface area contributed by atoms with E-state index in [-0.39, 0.29) is 17.8 Å². The third kappa shape index (κ3) is 4.79. The molecular formula is C31H29FN2OS. The zero-order chi connectivity index (χ0) is 25.3. The van der Waals surface area contributed by atoms with Crippen LogP contribution in [0, 0.1) is 28.5 Å². The first-order chi connectivity index (χ1) is 17.3. The lowest BCUT2D eigenvalue weighted by Crippen LogP contribution is -2.26. The molecule has 0 spiro atoms. The molecule has 5 rings (SSSR count). The summed E-state index contributed by atoms with van der Waals surface area (Å²) in [5.74, 6) is 0.946. The van der Waals surface area contributed by atoms with Gasteiger partial charge in [0.25, 0.3) is 0 Å². The molecule has 0 saturated heterocycles. The number of ether oxygens (including phenoxy) is 1. The van der Waals surface area contributed by atoms with Gasteiger partial charge in [-0.1, -0.05) is 69.3 Å². The zero-order valence-electron chi connectivity index (χ0n) is 20.8. The Morgan fingerprint density at radius 2 is 1.89 bits per heavy atom. The van der Waals surface area contributed by atoms with E-state index in [9.17, 15) is 9.65 Å². The Bertz CT molecular complexity index is 1490. The van der Waals surface area contributed by atoms with Gasteiger partial charge >= 0.3 is 0 Å². The maximum Gasteiger partial charge on any atom is 0.134 e. The normalized spacial score (nSPS) is 15.7. The molecule has 0 N–H and O–H groups in total. The predicted molar refractivity (Wildman–Crippen MR) is 146 cm³/mol. The van der Waals surface area contributed by atoms with Crippen molar-refractivity contribution < 1.29 is 9.13 Å². The third-order valence-electron chi connectivity index (χ3n) is 7.17. The highest BCUT2D eigenvalue weighted by atomic mass is 32.1. The molecule has 0 radical (unpaired) electrons. The summed E-state index contributed by atoms with van der Waals surface area (Å²) in [6.07, 6.45) is 4.83. The van der Waals surface area contributed by atoms with E-state index in [0.717, 1.165) is 40.6 Å². The molecule has 0 unspecified atom stereocenters. The van der Waals surface area contributed by atoms with Crippen LogP contribution in [0.5, 0.6) is 5.75 Å². The molecule has 1 atom stereocenters. The van der Waals surface area contributed by atoms with Crippen molar-refractivity contribution in [3.05, 3.63) is 93.6 Å². The van der Waals surface area contributed by atoms with Crippen LogP contribution >= 0.6 is 11.3 Å². The summed E-state index contributed by atoms with van der Waals surface area (Å²) in [5, 5.41) is 12.8. The van der Waals surface area contributed by atoms with E-state index in [1.54, 1.807) is 35.8 Å². The molecule has 3 aromatic carbocycles. The van der Waals surface area contributed by atoms with Gasteiger partial charge in [0, 0.05) is 22.2 Å². The molecule has 36 heavy (non-hydrogen) atoms. The van der Waals surface area contributed by atoms with Crippen molar-refractivity contribution in [1.82, 2.24) is 0 Å². The van der Waals surface area contributed by atoms with Gasteiger partial charge < -0.3 is 4.74 Å². The summed E-state index contributed by atoms with van der Waals surface area (Å²) in [6.45, 7) is 7.01. The highest BCUT2D eigenvalue weighted by Crippen LogP contribution is 2.45. The van der Waals surface area contributed by atoms with E-state index in [1.165, 1.54) is 16.5 Å². The zero-order valence-corrected chi connectivity index (χ0v) is 21.7. The summed E-state index contributed by atoms with van der Waals surface area (Å²) in [6, 6.07) is 21.0.